The van der Waals surface area contributed by atoms with Gasteiger partial charge in [-0.05, 0) is 0 Å². The standard InChI is InChI=1S/C3H6.CH5NO/c1-2-3-1;1-3-2/h1-3H2;2H2,1H3. The SMILES string of the molecule is C1CC1.CON. The van der Waals surface area contributed by atoms with Gasteiger partial charge in [-0.15, -0.1) is 0 Å². The van der Waals surface area contributed by atoms with E-state index in [0.29, 0.717) is 0 Å². The molecule has 2 N–H and O–H groups in total. The number of nitrogens with two attached hydrogens (primary N) is 1. The minimum atomic E-state index is 1.40. The van der Waals surface area contributed by atoms with Crippen molar-refractivity contribution in [1.82, 2.24) is 0 Å². The van der Waals surface area contributed by atoms with Crippen molar-refractivity contribution in [3.63, 3.8) is 0 Å². The molecule has 1 aliphatic carbocycles. The summed E-state index contributed by atoms with van der Waals surface area (Å²) in [5, 5.41) is 0. The summed E-state index contributed by atoms with van der Waals surface area (Å²) in [6, 6.07) is 0. The predicted octanol–water partition coefficient (Wildman–Crippen LogP) is 0.677. The maximum absolute atomic E-state index is 4.35. The quantitative estimate of drug-likeness (QED) is 0.443. The molecule has 0 heterocycles. The third-order valence-corrected chi connectivity index (χ3v) is 0.354. The van der Waals surface area contributed by atoms with Crippen molar-refractivity contribution in [3.05, 3.63) is 0 Å². The summed E-state index contributed by atoms with van der Waals surface area (Å²) < 4.78 is 0. The van der Waals surface area contributed by atoms with Crippen molar-refractivity contribution in [2.24, 2.45) is 5.90 Å². The second-order valence-corrected chi connectivity index (χ2v) is 1.30. The first-order valence-corrected chi connectivity index (χ1v) is 2.14. The minimum absolute atomic E-state index is 1.40. The zero-order chi connectivity index (χ0) is 4.83. The average Bonchev–Trinajstić information content (AvgIpc) is 2.11. The van der Waals surface area contributed by atoms with Crippen molar-refractivity contribution in [2.75, 3.05) is 7.11 Å². The van der Waals surface area contributed by atoms with Crippen molar-refractivity contribution < 1.29 is 4.84 Å². The van der Waals surface area contributed by atoms with Gasteiger partial charge in [0.05, 0.1) is 7.11 Å². The van der Waals surface area contributed by atoms with Crippen LogP contribution in [0.4, 0.5) is 0 Å². The fraction of sp³-hybridized carbons (Fsp3) is 1.00. The lowest BCUT2D eigenvalue weighted by atomic mass is 11.0. The molecule has 2 nitrogen and oxygen atoms in total. The molecule has 1 rings (SSSR count). The van der Waals surface area contributed by atoms with Crippen LogP contribution in [-0.2, 0) is 4.84 Å². The van der Waals surface area contributed by atoms with Gasteiger partial charge in [-0.25, -0.2) is 5.90 Å². The Morgan fingerprint density at radius 3 is 1.50 bits per heavy atom. The molecule has 0 bridgehead atoms. The van der Waals surface area contributed by atoms with E-state index in [2.05, 4.69) is 10.7 Å². The molecule has 1 saturated carbocycles. The Morgan fingerprint density at radius 1 is 1.33 bits per heavy atom. The van der Waals surface area contributed by atoms with E-state index in [9.17, 15) is 0 Å². The van der Waals surface area contributed by atoms with Gasteiger partial charge in [0.1, 0.15) is 0 Å². The van der Waals surface area contributed by atoms with Gasteiger partial charge in [0.15, 0.2) is 0 Å². The first-order chi connectivity index (χ1) is 2.91. The van der Waals surface area contributed by atoms with Crippen LogP contribution < -0.4 is 5.90 Å². The molecule has 0 unspecified atom stereocenters. The summed E-state index contributed by atoms with van der Waals surface area (Å²) in [5.74, 6) is 4.35. The van der Waals surface area contributed by atoms with Gasteiger partial charge in [0.2, 0.25) is 0 Å². The lowest BCUT2D eigenvalue weighted by Gasteiger charge is -1.62. The van der Waals surface area contributed by atoms with Gasteiger partial charge in [-0.1, -0.05) is 19.3 Å². The van der Waals surface area contributed by atoms with E-state index >= 15 is 0 Å². The molecule has 0 saturated heterocycles. The third kappa shape index (κ3) is 39.5. The van der Waals surface area contributed by atoms with E-state index < -0.39 is 0 Å². The summed E-state index contributed by atoms with van der Waals surface area (Å²) in [6.45, 7) is 0. The van der Waals surface area contributed by atoms with Crippen molar-refractivity contribution in [1.29, 1.82) is 0 Å². The van der Waals surface area contributed by atoms with Gasteiger partial charge < -0.3 is 4.84 Å². The van der Waals surface area contributed by atoms with Crippen LogP contribution in [0.15, 0.2) is 0 Å². The molecule has 0 atom stereocenters. The second-order valence-electron chi connectivity index (χ2n) is 1.30. The molecule has 1 fully saturated rings. The van der Waals surface area contributed by atoms with Gasteiger partial charge in [0, 0.05) is 0 Å². The van der Waals surface area contributed by atoms with E-state index in [1.807, 2.05) is 0 Å². The Bertz CT molecular complexity index is 18.8. The minimum Gasteiger partial charge on any atom is -0.308 e. The molecule has 1 aliphatic rings. The molecule has 0 aromatic heterocycles. The summed E-state index contributed by atoms with van der Waals surface area (Å²) >= 11 is 0. The van der Waals surface area contributed by atoms with E-state index in [0.717, 1.165) is 0 Å². The molecule has 0 spiro atoms. The van der Waals surface area contributed by atoms with Gasteiger partial charge in [-0.3, -0.25) is 0 Å². The summed E-state index contributed by atoms with van der Waals surface area (Å²) in [7, 11) is 1.40. The molecule has 0 aliphatic heterocycles. The van der Waals surface area contributed by atoms with Crippen molar-refractivity contribution >= 4 is 0 Å². The van der Waals surface area contributed by atoms with Crippen LogP contribution in [-0.4, -0.2) is 7.11 Å². The monoisotopic (exact) mass is 89.1 g/mol. The maximum Gasteiger partial charge on any atom is 0.0569 e. The molecule has 0 amide bonds. The summed E-state index contributed by atoms with van der Waals surface area (Å²) in [6.07, 6.45) is 4.50. The van der Waals surface area contributed by atoms with Crippen LogP contribution in [0.2, 0.25) is 0 Å². The highest BCUT2D eigenvalue weighted by Gasteiger charge is 1.95. The summed E-state index contributed by atoms with van der Waals surface area (Å²) in [4.78, 5) is 3.75. The average molecular weight is 89.1 g/mol. The molecule has 2 heteroatoms. The van der Waals surface area contributed by atoms with Gasteiger partial charge >= 0.3 is 0 Å². The van der Waals surface area contributed by atoms with Crippen LogP contribution in [0, 0.1) is 0 Å². The highest BCUT2D eigenvalue weighted by molar-refractivity contribution is 4.50. The molecular weight excluding hydrogens is 78.0 g/mol. The zero-order valence-corrected chi connectivity index (χ0v) is 4.11. The van der Waals surface area contributed by atoms with E-state index in [-0.39, 0.29) is 0 Å². The van der Waals surface area contributed by atoms with Crippen LogP contribution >= 0.6 is 0 Å². The topological polar surface area (TPSA) is 35.2 Å². The molecule has 0 radical (unpaired) electrons. The normalized spacial score (nSPS) is 15.0. The first-order valence-electron chi connectivity index (χ1n) is 2.14. The zero-order valence-electron chi connectivity index (χ0n) is 4.11. The second kappa shape index (κ2) is 4.92. The number of rotatable bonds is 0. The predicted molar refractivity (Wildman–Crippen MR) is 25.0 cm³/mol. The Labute approximate surface area is 38.2 Å². The molecule has 0 aromatic carbocycles. The Balaban J connectivity index is 0.0000000833. The Kier molecular flexibility index (Phi) is 4.85. The summed E-state index contributed by atoms with van der Waals surface area (Å²) in [5.41, 5.74) is 0. The molecule has 38 valence electrons. The highest BCUT2D eigenvalue weighted by Crippen LogP contribution is 2.14. The lowest BCUT2D eigenvalue weighted by Crippen LogP contribution is -1.86. The van der Waals surface area contributed by atoms with Crippen LogP contribution in [0.1, 0.15) is 19.3 Å². The lowest BCUT2D eigenvalue weighted by molar-refractivity contribution is 0.206. The highest BCUT2D eigenvalue weighted by atomic mass is 16.6. The number of hydrogen-bond donors (Lipinski definition) is 1. The number of hydrogen-bond acceptors (Lipinski definition) is 2. The van der Waals surface area contributed by atoms with E-state index in [4.69, 9.17) is 0 Å². The van der Waals surface area contributed by atoms with Crippen molar-refractivity contribution in [2.45, 2.75) is 19.3 Å². The molecule has 0 aromatic rings. The van der Waals surface area contributed by atoms with E-state index in [1.165, 1.54) is 26.4 Å². The van der Waals surface area contributed by atoms with E-state index in [1.54, 1.807) is 0 Å². The third-order valence-electron chi connectivity index (χ3n) is 0.354. The van der Waals surface area contributed by atoms with Crippen LogP contribution in [0.3, 0.4) is 0 Å². The largest absolute Gasteiger partial charge is 0.308 e. The Hall–Kier alpha value is -0.0800. The fourth-order valence-electron chi connectivity index (χ4n) is 0. The van der Waals surface area contributed by atoms with Gasteiger partial charge in [0.25, 0.3) is 0 Å². The fourth-order valence-corrected chi connectivity index (χ4v) is 0. The van der Waals surface area contributed by atoms with Crippen molar-refractivity contribution in [3.8, 4) is 0 Å². The van der Waals surface area contributed by atoms with Crippen LogP contribution in [0.5, 0.6) is 0 Å². The molecule has 6 heavy (non-hydrogen) atoms. The maximum atomic E-state index is 4.35. The van der Waals surface area contributed by atoms with Crippen LogP contribution in [0.25, 0.3) is 0 Å². The smallest absolute Gasteiger partial charge is 0.0569 e. The Morgan fingerprint density at radius 2 is 1.50 bits per heavy atom. The first kappa shape index (κ1) is 5.92. The molecular formula is C4H11NO. The van der Waals surface area contributed by atoms with Gasteiger partial charge in [-0.2, -0.15) is 0 Å².